The van der Waals surface area contributed by atoms with Gasteiger partial charge in [-0.1, -0.05) is 0 Å². The third kappa shape index (κ3) is 2.43. The molecule has 1 fully saturated rings. The van der Waals surface area contributed by atoms with Crippen LogP contribution in [0.4, 0.5) is 4.39 Å². The molecule has 2 heterocycles. The standard InChI is InChI=1S/C12H15FN2O2S/c1-12(2)8-18(17)6-5-15(12)11(16)9-3-4-14-7-10(9)13/h3-4,7H,5-6,8H2,1-2H3. The van der Waals surface area contributed by atoms with Crippen molar-refractivity contribution in [2.75, 3.05) is 18.1 Å². The van der Waals surface area contributed by atoms with Crippen molar-refractivity contribution in [3.8, 4) is 0 Å². The molecule has 98 valence electrons. The van der Waals surface area contributed by atoms with Gasteiger partial charge in [-0.25, -0.2) is 4.39 Å². The fourth-order valence-corrected chi connectivity index (χ4v) is 3.58. The van der Waals surface area contributed by atoms with Gasteiger partial charge in [-0.3, -0.25) is 14.0 Å². The van der Waals surface area contributed by atoms with Crippen LogP contribution in [0.1, 0.15) is 24.2 Å². The Morgan fingerprint density at radius 3 is 2.89 bits per heavy atom. The summed E-state index contributed by atoms with van der Waals surface area (Å²) < 4.78 is 25.1. The summed E-state index contributed by atoms with van der Waals surface area (Å²) in [4.78, 5) is 17.5. The molecule has 0 radical (unpaired) electrons. The van der Waals surface area contributed by atoms with Crippen molar-refractivity contribution in [1.82, 2.24) is 9.88 Å². The molecule has 0 saturated carbocycles. The van der Waals surface area contributed by atoms with Crippen molar-refractivity contribution in [2.24, 2.45) is 0 Å². The van der Waals surface area contributed by atoms with Crippen LogP contribution in [0.25, 0.3) is 0 Å². The molecule has 0 bridgehead atoms. The number of amides is 1. The van der Waals surface area contributed by atoms with Gasteiger partial charge in [-0.05, 0) is 19.9 Å². The van der Waals surface area contributed by atoms with E-state index in [9.17, 15) is 13.4 Å². The highest BCUT2D eigenvalue weighted by Crippen LogP contribution is 2.23. The van der Waals surface area contributed by atoms with Crippen LogP contribution in [-0.2, 0) is 10.8 Å². The number of nitrogens with zero attached hydrogens (tertiary/aromatic N) is 2. The number of aromatic nitrogens is 1. The molecule has 1 atom stereocenters. The lowest BCUT2D eigenvalue weighted by molar-refractivity contribution is 0.0589. The Morgan fingerprint density at radius 2 is 2.28 bits per heavy atom. The van der Waals surface area contributed by atoms with Gasteiger partial charge >= 0.3 is 0 Å². The lowest BCUT2D eigenvalue weighted by Gasteiger charge is -2.41. The lowest BCUT2D eigenvalue weighted by Crippen LogP contribution is -2.56. The second-order valence-electron chi connectivity index (χ2n) is 4.91. The first-order valence-corrected chi connectivity index (χ1v) is 7.17. The largest absolute Gasteiger partial charge is 0.332 e. The monoisotopic (exact) mass is 270 g/mol. The molecule has 1 aromatic heterocycles. The van der Waals surface area contributed by atoms with Gasteiger partial charge in [0.05, 0.1) is 11.8 Å². The van der Waals surface area contributed by atoms with Gasteiger partial charge in [-0.2, -0.15) is 0 Å². The second kappa shape index (κ2) is 4.76. The van der Waals surface area contributed by atoms with Crippen LogP contribution in [0.3, 0.4) is 0 Å². The summed E-state index contributed by atoms with van der Waals surface area (Å²) in [7, 11) is -0.909. The van der Waals surface area contributed by atoms with Gasteiger partial charge in [0.15, 0.2) is 5.82 Å². The summed E-state index contributed by atoms with van der Waals surface area (Å²) in [5.74, 6) is -0.116. The molecular formula is C12H15FN2O2S. The Morgan fingerprint density at radius 1 is 1.56 bits per heavy atom. The van der Waals surface area contributed by atoms with Crippen molar-refractivity contribution in [2.45, 2.75) is 19.4 Å². The fourth-order valence-electron chi connectivity index (χ4n) is 2.11. The van der Waals surface area contributed by atoms with Crippen molar-refractivity contribution in [3.63, 3.8) is 0 Å². The number of carbonyl (C=O) groups excluding carboxylic acids is 1. The molecule has 1 aliphatic rings. The van der Waals surface area contributed by atoms with Gasteiger partial charge in [0.1, 0.15) is 0 Å². The summed E-state index contributed by atoms with van der Waals surface area (Å²) in [5.41, 5.74) is -0.499. The molecule has 6 heteroatoms. The Labute approximate surface area is 108 Å². The molecule has 0 spiro atoms. The predicted octanol–water partition coefficient (Wildman–Crippen LogP) is 1.20. The quantitative estimate of drug-likeness (QED) is 0.770. The molecule has 0 N–H and O–H groups in total. The zero-order valence-corrected chi connectivity index (χ0v) is 11.2. The van der Waals surface area contributed by atoms with E-state index in [2.05, 4.69) is 4.98 Å². The van der Waals surface area contributed by atoms with Crippen LogP contribution in [-0.4, -0.2) is 43.6 Å². The van der Waals surface area contributed by atoms with Crippen molar-refractivity contribution in [3.05, 3.63) is 29.8 Å². The number of hydrogen-bond acceptors (Lipinski definition) is 3. The Bertz CT molecular complexity index is 505. The minimum Gasteiger partial charge on any atom is -0.332 e. The average Bonchev–Trinajstić information content (AvgIpc) is 2.27. The summed E-state index contributed by atoms with van der Waals surface area (Å²) >= 11 is 0. The zero-order chi connectivity index (χ0) is 13.3. The third-order valence-electron chi connectivity index (χ3n) is 3.04. The highest BCUT2D eigenvalue weighted by Gasteiger charge is 2.37. The minimum absolute atomic E-state index is 0.0192. The third-order valence-corrected chi connectivity index (χ3v) is 4.70. The first-order chi connectivity index (χ1) is 8.42. The summed E-state index contributed by atoms with van der Waals surface area (Å²) in [6.45, 7) is 4.09. The van der Waals surface area contributed by atoms with Gasteiger partial charge in [-0.15, -0.1) is 0 Å². The van der Waals surface area contributed by atoms with E-state index in [0.29, 0.717) is 18.1 Å². The van der Waals surface area contributed by atoms with E-state index in [0.717, 1.165) is 6.20 Å². The lowest BCUT2D eigenvalue weighted by atomic mass is 10.0. The van der Waals surface area contributed by atoms with E-state index in [1.165, 1.54) is 12.3 Å². The number of hydrogen-bond donors (Lipinski definition) is 0. The number of carbonyl (C=O) groups is 1. The van der Waals surface area contributed by atoms with E-state index in [-0.39, 0.29) is 11.5 Å². The SMILES string of the molecule is CC1(C)CS(=O)CCN1C(=O)c1ccncc1F. The smallest absolute Gasteiger partial charge is 0.257 e. The molecule has 1 amide bonds. The molecule has 1 unspecified atom stereocenters. The Balaban J connectivity index is 2.29. The first kappa shape index (κ1) is 13.1. The molecule has 4 nitrogen and oxygen atoms in total. The van der Waals surface area contributed by atoms with Crippen LogP contribution in [0.15, 0.2) is 18.5 Å². The van der Waals surface area contributed by atoms with Crippen LogP contribution < -0.4 is 0 Å². The molecule has 2 rings (SSSR count). The maximum Gasteiger partial charge on any atom is 0.257 e. The van der Waals surface area contributed by atoms with Crippen molar-refractivity contribution >= 4 is 16.7 Å². The van der Waals surface area contributed by atoms with Crippen molar-refractivity contribution in [1.29, 1.82) is 0 Å². The van der Waals surface area contributed by atoms with Gasteiger partial charge in [0.25, 0.3) is 5.91 Å². The molecule has 18 heavy (non-hydrogen) atoms. The summed E-state index contributed by atoms with van der Waals surface area (Å²) in [6.07, 6.45) is 2.42. The highest BCUT2D eigenvalue weighted by molar-refractivity contribution is 7.85. The Hall–Kier alpha value is -1.30. The van der Waals surface area contributed by atoms with E-state index in [4.69, 9.17) is 0 Å². The minimum atomic E-state index is -0.909. The number of halogens is 1. The maximum atomic E-state index is 13.6. The molecule has 0 aromatic carbocycles. The molecule has 1 aliphatic heterocycles. The highest BCUT2D eigenvalue weighted by atomic mass is 32.2. The van der Waals surface area contributed by atoms with E-state index in [1.54, 1.807) is 4.90 Å². The maximum absolute atomic E-state index is 13.6. The van der Waals surface area contributed by atoms with E-state index >= 15 is 0 Å². The number of rotatable bonds is 1. The molecular weight excluding hydrogens is 255 g/mol. The number of pyridine rings is 1. The average molecular weight is 270 g/mol. The van der Waals surface area contributed by atoms with Gasteiger partial charge in [0, 0.05) is 40.6 Å². The Kier molecular flexibility index (Phi) is 3.47. The summed E-state index contributed by atoms with van der Waals surface area (Å²) in [5, 5.41) is 0. The van der Waals surface area contributed by atoms with E-state index < -0.39 is 22.2 Å². The van der Waals surface area contributed by atoms with E-state index in [1.807, 2.05) is 13.8 Å². The topological polar surface area (TPSA) is 50.3 Å². The van der Waals surface area contributed by atoms with Crippen LogP contribution in [0, 0.1) is 5.82 Å². The normalized spacial score (nSPS) is 22.8. The predicted molar refractivity (Wildman–Crippen MR) is 67.2 cm³/mol. The van der Waals surface area contributed by atoms with Crippen LogP contribution in [0.2, 0.25) is 0 Å². The first-order valence-electron chi connectivity index (χ1n) is 5.68. The van der Waals surface area contributed by atoms with Crippen LogP contribution in [0.5, 0.6) is 0 Å². The van der Waals surface area contributed by atoms with Crippen LogP contribution >= 0.6 is 0 Å². The molecule has 0 aliphatic carbocycles. The van der Waals surface area contributed by atoms with Gasteiger partial charge in [0.2, 0.25) is 0 Å². The molecule has 1 aromatic rings. The van der Waals surface area contributed by atoms with Crippen molar-refractivity contribution < 1.29 is 13.4 Å². The fraction of sp³-hybridized carbons (Fsp3) is 0.500. The summed E-state index contributed by atoms with van der Waals surface area (Å²) in [6, 6.07) is 1.37. The zero-order valence-electron chi connectivity index (χ0n) is 10.4. The second-order valence-corrected chi connectivity index (χ2v) is 6.49. The van der Waals surface area contributed by atoms with Gasteiger partial charge < -0.3 is 4.90 Å². The molecule has 1 saturated heterocycles.